The van der Waals surface area contributed by atoms with Gasteiger partial charge in [0.25, 0.3) is 5.91 Å². The number of nitrogens with one attached hydrogen (secondary N) is 1. The molecular formula is C14H10ClFN2O3. The zero-order valence-electron chi connectivity index (χ0n) is 10.7. The number of amides is 1. The first kappa shape index (κ1) is 14.9. The van der Waals surface area contributed by atoms with Crippen molar-refractivity contribution in [3.8, 4) is 0 Å². The zero-order valence-corrected chi connectivity index (χ0v) is 11.4. The average molecular weight is 309 g/mol. The van der Waals surface area contributed by atoms with E-state index in [0.717, 1.165) is 0 Å². The molecule has 0 radical (unpaired) electrons. The number of halogens is 2. The van der Waals surface area contributed by atoms with Gasteiger partial charge in [-0.2, -0.15) is 0 Å². The molecule has 21 heavy (non-hydrogen) atoms. The lowest BCUT2D eigenvalue weighted by molar-refractivity contribution is -0.119. The third-order valence-electron chi connectivity index (χ3n) is 2.45. The Morgan fingerprint density at radius 1 is 1.24 bits per heavy atom. The van der Waals surface area contributed by atoms with Crippen LogP contribution in [0.25, 0.3) is 0 Å². The summed E-state index contributed by atoms with van der Waals surface area (Å²) in [4.78, 5) is 26.9. The SMILES string of the molecule is O=C(COC(=O)c1ccc(Cl)nc1)Nc1ccccc1F. The molecule has 2 rings (SSSR count). The van der Waals surface area contributed by atoms with Crippen LogP contribution in [0.1, 0.15) is 10.4 Å². The van der Waals surface area contributed by atoms with Crippen molar-refractivity contribution in [3.63, 3.8) is 0 Å². The number of para-hydroxylation sites is 1. The molecule has 1 aromatic heterocycles. The van der Waals surface area contributed by atoms with Crippen LogP contribution in [0.15, 0.2) is 42.6 Å². The summed E-state index contributed by atoms with van der Waals surface area (Å²) in [5.74, 6) is -1.93. The number of nitrogens with zero attached hydrogens (tertiary/aromatic N) is 1. The van der Waals surface area contributed by atoms with Crippen LogP contribution in [0.3, 0.4) is 0 Å². The standard InChI is InChI=1S/C14H10ClFN2O3/c15-12-6-5-9(7-17-12)14(20)21-8-13(19)18-11-4-2-1-3-10(11)16/h1-7H,8H2,(H,18,19). The van der Waals surface area contributed by atoms with E-state index in [1.54, 1.807) is 6.07 Å². The maximum absolute atomic E-state index is 13.3. The Balaban J connectivity index is 1.88. The fourth-order valence-electron chi connectivity index (χ4n) is 1.46. The number of pyridine rings is 1. The van der Waals surface area contributed by atoms with Gasteiger partial charge in [0.05, 0.1) is 11.3 Å². The monoisotopic (exact) mass is 308 g/mol. The van der Waals surface area contributed by atoms with Crippen molar-refractivity contribution >= 4 is 29.2 Å². The molecule has 0 atom stereocenters. The smallest absolute Gasteiger partial charge is 0.340 e. The molecule has 0 saturated carbocycles. The van der Waals surface area contributed by atoms with E-state index in [2.05, 4.69) is 10.3 Å². The van der Waals surface area contributed by atoms with Crippen LogP contribution in [-0.2, 0) is 9.53 Å². The Bertz CT molecular complexity index is 662. The van der Waals surface area contributed by atoms with Crippen LogP contribution in [0.5, 0.6) is 0 Å². The van der Waals surface area contributed by atoms with Gasteiger partial charge in [0.1, 0.15) is 11.0 Å². The molecule has 0 unspecified atom stereocenters. The first-order valence-corrected chi connectivity index (χ1v) is 6.27. The van der Waals surface area contributed by atoms with E-state index in [4.69, 9.17) is 16.3 Å². The van der Waals surface area contributed by atoms with E-state index in [9.17, 15) is 14.0 Å². The van der Waals surface area contributed by atoms with Gasteiger partial charge >= 0.3 is 5.97 Å². The molecule has 1 N–H and O–H groups in total. The molecule has 1 amide bonds. The minimum atomic E-state index is -0.720. The van der Waals surface area contributed by atoms with Crippen LogP contribution >= 0.6 is 11.6 Å². The molecule has 7 heteroatoms. The van der Waals surface area contributed by atoms with Gasteiger partial charge in [-0.15, -0.1) is 0 Å². The third kappa shape index (κ3) is 4.25. The van der Waals surface area contributed by atoms with E-state index in [1.165, 1.54) is 36.5 Å². The lowest BCUT2D eigenvalue weighted by atomic mass is 10.3. The molecule has 0 aliphatic heterocycles. The molecule has 5 nitrogen and oxygen atoms in total. The molecule has 0 spiro atoms. The highest BCUT2D eigenvalue weighted by atomic mass is 35.5. The number of carbonyl (C=O) groups excluding carboxylic acids is 2. The van der Waals surface area contributed by atoms with Crippen molar-refractivity contribution in [3.05, 3.63) is 59.1 Å². The molecule has 0 fully saturated rings. The number of ether oxygens (including phenoxy) is 1. The molecule has 0 aliphatic rings. The van der Waals surface area contributed by atoms with Gasteiger partial charge in [-0.05, 0) is 24.3 Å². The maximum Gasteiger partial charge on any atom is 0.340 e. The lowest BCUT2D eigenvalue weighted by Gasteiger charge is -2.07. The maximum atomic E-state index is 13.3. The average Bonchev–Trinajstić information content (AvgIpc) is 2.48. The highest BCUT2D eigenvalue weighted by molar-refractivity contribution is 6.29. The Morgan fingerprint density at radius 2 is 2.00 bits per heavy atom. The Morgan fingerprint density at radius 3 is 2.67 bits per heavy atom. The fourth-order valence-corrected chi connectivity index (χ4v) is 1.57. The quantitative estimate of drug-likeness (QED) is 0.696. The minimum absolute atomic E-state index is 0.0201. The van der Waals surface area contributed by atoms with Gasteiger partial charge in [0, 0.05) is 6.20 Å². The summed E-state index contributed by atoms with van der Waals surface area (Å²) in [6.07, 6.45) is 1.24. The molecule has 0 bridgehead atoms. The van der Waals surface area contributed by atoms with E-state index in [0.29, 0.717) is 0 Å². The van der Waals surface area contributed by atoms with Crippen LogP contribution in [0, 0.1) is 5.82 Å². The van der Waals surface area contributed by atoms with E-state index in [-0.39, 0.29) is 16.4 Å². The molecule has 0 saturated heterocycles. The number of aromatic nitrogens is 1. The van der Waals surface area contributed by atoms with Gasteiger partial charge in [-0.25, -0.2) is 14.2 Å². The summed E-state index contributed by atoms with van der Waals surface area (Å²) < 4.78 is 18.1. The number of hydrogen-bond donors (Lipinski definition) is 1. The van der Waals surface area contributed by atoms with Gasteiger partial charge in [0.2, 0.25) is 0 Å². The molecule has 1 aromatic carbocycles. The van der Waals surface area contributed by atoms with E-state index in [1.807, 2.05) is 0 Å². The number of carbonyl (C=O) groups is 2. The largest absolute Gasteiger partial charge is 0.452 e. The number of hydrogen-bond acceptors (Lipinski definition) is 4. The van der Waals surface area contributed by atoms with Crippen molar-refractivity contribution in [1.82, 2.24) is 4.98 Å². The summed E-state index contributed by atoms with van der Waals surface area (Å²) >= 11 is 5.59. The van der Waals surface area contributed by atoms with Crippen LogP contribution in [0.2, 0.25) is 5.15 Å². The predicted molar refractivity (Wildman–Crippen MR) is 74.6 cm³/mol. The van der Waals surface area contributed by atoms with Gasteiger partial charge in [-0.1, -0.05) is 23.7 Å². The van der Waals surface area contributed by atoms with Crippen LogP contribution < -0.4 is 5.32 Å². The highest BCUT2D eigenvalue weighted by Crippen LogP contribution is 2.12. The van der Waals surface area contributed by atoms with Gasteiger partial charge in [-0.3, -0.25) is 4.79 Å². The second-order valence-electron chi connectivity index (χ2n) is 3.97. The minimum Gasteiger partial charge on any atom is -0.452 e. The second kappa shape index (κ2) is 6.81. The lowest BCUT2D eigenvalue weighted by Crippen LogP contribution is -2.21. The number of anilines is 1. The molecule has 108 valence electrons. The van der Waals surface area contributed by atoms with E-state index >= 15 is 0 Å². The Hall–Kier alpha value is -2.47. The summed E-state index contributed by atoms with van der Waals surface area (Å²) in [5, 5.41) is 2.54. The fraction of sp³-hybridized carbons (Fsp3) is 0.0714. The summed E-state index contributed by atoms with van der Waals surface area (Å²) in [5.41, 5.74) is 0.185. The Labute approximate surface area is 124 Å². The van der Waals surface area contributed by atoms with Gasteiger partial charge < -0.3 is 10.1 Å². The van der Waals surface area contributed by atoms with Crippen molar-refractivity contribution in [1.29, 1.82) is 0 Å². The van der Waals surface area contributed by atoms with E-state index < -0.39 is 24.3 Å². The number of benzene rings is 1. The zero-order chi connectivity index (χ0) is 15.2. The number of esters is 1. The van der Waals surface area contributed by atoms with Crippen molar-refractivity contribution in [2.75, 3.05) is 11.9 Å². The third-order valence-corrected chi connectivity index (χ3v) is 2.67. The Kier molecular flexibility index (Phi) is 4.84. The second-order valence-corrected chi connectivity index (χ2v) is 4.36. The van der Waals surface area contributed by atoms with Crippen molar-refractivity contribution in [2.45, 2.75) is 0 Å². The molecular weight excluding hydrogens is 299 g/mol. The first-order valence-electron chi connectivity index (χ1n) is 5.89. The topological polar surface area (TPSA) is 68.3 Å². The molecule has 1 heterocycles. The predicted octanol–water partition coefficient (Wildman–Crippen LogP) is 2.67. The summed E-state index contributed by atoms with van der Waals surface area (Å²) in [6.45, 7) is -0.532. The highest BCUT2D eigenvalue weighted by Gasteiger charge is 2.12. The summed E-state index contributed by atoms with van der Waals surface area (Å²) in [6, 6.07) is 8.53. The summed E-state index contributed by atoms with van der Waals surface area (Å²) in [7, 11) is 0. The first-order chi connectivity index (χ1) is 10.1. The van der Waals surface area contributed by atoms with Gasteiger partial charge in [0.15, 0.2) is 6.61 Å². The normalized spacial score (nSPS) is 10.0. The number of rotatable bonds is 4. The molecule has 2 aromatic rings. The van der Waals surface area contributed by atoms with Crippen molar-refractivity contribution < 1.29 is 18.7 Å². The van der Waals surface area contributed by atoms with Crippen LogP contribution in [-0.4, -0.2) is 23.5 Å². The molecule has 0 aliphatic carbocycles. The van der Waals surface area contributed by atoms with Crippen LogP contribution in [0.4, 0.5) is 10.1 Å². The van der Waals surface area contributed by atoms with Crippen molar-refractivity contribution in [2.24, 2.45) is 0 Å².